The Balaban J connectivity index is 0.00000261. The van der Waals surface area contributed by atoms with Crippen molar-refractivity contribution in [3.63, 3.8) is 0 Å². The number of halogens is 2. The summed E-state index contributed by atoms with van der Waals surface area (Å²) in [6.45, 7) is 7.10. The highest BCUT2D eigenvalue weighted by atomic mass is 35.5. The van der Waals surface area contributed by atoms with E-state index in [0.29, 0.717) is 30.4 Å². The Morgan fingerprint density at radius 2 is 2.00 bits per heavy atom. The highest BCUT2D eigenvalue weighted by Gasteiger charge is 2.35. The van der Waals surface area contributed by atoms with Crippen molar-refractivity contribution in [1.29, 1.82) is 0 Å². The van der Waals surface area contributed by atoms with Crippen LogP contribution in [-0.4, -0.2) is 40.1 Å². The number of nitrogens with two attached hydrogens (primary N) is 1. The molecule has 3 rings (SSSR count). The third-order valence-corrected chi connectivity index (χ3v) is 4.83. The minimum atomic E-state index is -0.543. The fourth-order valence-corrected chi connectivity index (χ4v) is 3.06. The number of carbonyl (C=O) groups is 1. The normalized spacial score (nSPS) is 18.7. The SMILES string of the molecule is CC(C)(C)[C@H](N)C(=O)N1CCCC(c2nc(-c3ccc(F)cc3)no2)C1.Cl. The van der Waals surface area contributed by atoms with E-state index in [1.54, 1.807) is 17.0 Å². The van der Waals surface area contributed by atoms with Crippen LogP contribution in [0, 0.1) is 11.2 Å². The van der Waals surface area contributed by atoms with Gasteiger partial charge >= 0.3 is 0 Å². The average molecular weight is 397 g/mol. The number of piperidine rings is 1. The molecule has 0 radical (unpaired) electrons. The second-order valence-corrected chi connectivity index (χ2v) is 7.93. The summed E-state index contributed by atoms with van der Waals surface area (Å²) >= 11 is 0. The van der Waals surface area contributed by atoms with E-state index in [1.807, 2.05) is 20.8 Å². The molecule has 1 aliphatic heterocycles. The van der Waals surface area contributed by atoms with Crippen LogP contribution in [-0.2, 0) is 4.79 Å². The van der Waals surface area contributed by atoms with Gasteiger partial charge in [0.05, 0.1) is 12.0 Å². The molecule has 8 heteroatoms. The van der Waals surface area contributed by atoms with Gasteiger partial charge in [-0.1, -0.05) is 25.9 Å². The Morgan fingerprint density at radius 3 is 2.63 bits per heavy atom. The highest BCUT2D eigenvalue weighted by molar-refractivity contribution is 5.85. The van der Waals surface area contributed by atoms with Gasteiger partial charge < -0.3 is 15.2 Å². The van der Waals surface area contributed by atoms with Crippen LogP contribution in [0.2, 0.25) is 0 Å². The number of hydrogen-bond donors (Lipinski definition) is 1. The number of amides is 1. The van der Waals surface area contributed by atoms with Crippen molar-refractivity contribution in [2.24, 2.45) is 11.1 Å². The first-order valence-electron chi connectivity index (χ1n) is 8.89. The van der Waals surface area contributed by atoms with Crippen LogP contribution in [0.15, 0.2) is 28.8 Å². The quantitative estimate of drug-likeness (QED) is 0.859. The van der Waals surface area contributed by atoms with E-state index in [9.17, 15) is 9.18 Å². The Labute approximate surface area is 164 Å². The molecule has 1 aliphatic rings. The van der Waals surface area contributed by atoms with Gasteiger partial charge in [0.1, 0.15) is 5.82 Å². The second-order valence-electron chi connectivity index (χ2n) is 7.93. The van der Waals surface area contributed by atoms with E-state index in [0.717, 1.165) is 12.8 Å². The van der Waals surface area contributed by atoms with Crippen LogP contribution in [0.3, 0.4) is 0 Å². The lowest BCUT2D eigenvalue weighted by Gasteiger charge is -2.36. The van der Waals surface area contributed by atoms with E-state index in [2.05, 4.69) is 10.1 Å². The van der Waals surface area contributed by atoms with Gasteiger partial charge in [-0.2, -0.15) is 4.98 Å². The molecule has 0 bridgehead atoms. The van der Waals surface area contributed by atoms with Gasteiger partial charge in [0.15, 0.2) is 0 Å². The van der Waals surface area contributed by atoms with Crippen molar-refractivity contribution in [2.75, 3.05) is 13.1 Å². The van der Waals surface area contributed by atoms with Gasteiger partial charge in [0.2, 0.25) is 17.6 Å². The molecule has 1 aromatic carbocycles. The Morgan fingerprint density at radius 1 is 1.33 bits per heavy atom. The maximum atomic E-state index is 13.1. The van der Waals surface area contributed by atoms with Crippen molar-refractivity contribution in [3.8, 4) is 11.4 Å². The lowest BCUT2D eigenvalue weighted by molar-refractivity contribution is -0.136. The first-order chi connectivity index (χ1) is 12.3. The van der Waals surface area contributed by atoms with Crippen LogP contribution in [0.5, 0.6) is 0 Å². The molecule has 0 saturated carbocycles. The number of rotatable bonds is 3. The van der Waals surface area contributed by atoms with Gasteiger partial charge in [0.25, 0.3) is 0 Å². The minimum absolute atomic E-state index is 0. The summed E-state index contributed by atoms with van der Waals surface area (Å²) in [7, 11) is 0. The lowest BCUT2D eigenvalue weighted by atomic mass is 9.86. The van der Waals surface area contributed by atoms with Crippen LogP contribution in [0.1, 0.15) is 45.4 Å². The smallest absolute Gasteiger partial charge is 0.240 e. The maximum Gasteiger partial charge on any atom is 0.240 e. The third kappa shape index (κ3) is 4.84. The maximum absolute atomic E-state index is 13.1. The van der Waals surface area contributed by atoms with Gasteiger partial charge in [-0.3, -0.25) is 4.79 Å². The second kappa shape index (κ2) is 8.35. The first-order valence-corrected chi connectivity index (χ1v) is 8.89. The first kappa shape index (κ1) is 21.3. The standard InChI is InChI=1S/C19H25FN4O2.ClH/c1-19(2,3)15(21)18(25)24-10-4-5-13(11-24)17-22-16(23-26-17)12-6-8-14(20)9-7-12;/h6-9,13,15H,4-5,10-11,21H2,1-3H3;1H/t13?,15-;/m1./s1. The predicted octanol–water partition coefficient (Wildman–Crippen LogP) is 3.38. The molecule has 1 unspecified atom stereocenters. The van der Waals surface area contributed by atoms with Crippen molar-refractivity contribution < 1.29 is 13.7 Å². The summed E-state index contributed by atoms with van der Waals surface area (Å²) in [6.07, 6.45) is 1.74. The van der Waals surface area contributed by atoms with Crippen LogP contribution in [0.25, 0.3) is 11.4 Å². The zero-order valence-corrected chi connectivity index (χ0v) is 16.6. The van der Waals surface area contributed by atoms with E-state index < -0.39 is 6.04 Å². The van der Waals surface area contributed by atoms with Crippen molar-refractivity contribution in [3.05, 3.63) is 36.0 Å². The number of nitrogens with zero attached hydrogens (tertiary/aromatic N) is 3. The molecule has 0 aliphatic carbocycles. The Bertz CT molecular complexity index is 773. The number of carbonyl (C=O) groups excluding carboxylic acids is 1. The van der Waals surface area contributed by atoms with Gasteiger partial charge in [0, 0.05) is 18.7 Å². The van der Waals surface area contributed by atoms with Crippen LogP contribution >= 0.6 is 12.4 Å². The molecule has 6 nitrogen and oxygen atoms in total. The molecule has 2 N–H and O–H groups in total. The molecular formula is C19H26ClFN4O2. The van der Waals surface area contributed by atoms with E-state index in [1.165, 1.54) is 12.1 Å². The molecule has 1 saturated heterocycles. The Kier molecular flexibility index (Phi) is 6.59. The van der Waals surface area contributed by atoms with Gasteiger partial charge in [-0.05, 0) is 42.5 Å². The number of benzene rings is 1. The minimum Gasteiger partial charge on any atom is -0.341 e. The number of aromatic nitrogens is 2. The van der Waals surface area contributed by atoms with Crippen LogP contribution < -0.4 is 5.73 Å². The molecular weight excluding hydrogens is 371 g/mol. The lowest BCUT2D eigenvalue weighted by Crippen LogP contribution is -2.52. The zero-order valence-electron chi connectivity index (χ0n) is 15.8. The fraction of sp³-hybridized carbons (Fsp3) is 0.526. The number of hydrogen-bond acceptors (Lipinski definition) is 5. The summed E-state index contributed by atoms with van der Waals surface area (Å²) in [5, 5.41) is 4.00. The molecule has 2 heterocycles. The Hall–Kier alpha value is -1.99. The molecule has 1 fully saturated rings. The molecule has 27 heavy (non-hydrogen) atoms. The zero-order chi connectivity index (χ0) is 18.9. The van der Waals surface area contributed by atoms with Crippen molar-refractivity contribution in [2.45, 2.75) is 45.6 Å². The largest absolute Gasteiger partial charge is 0.341 e. The van der Waals surface area contributed by atoms with E-state index in [-0.39, 0.29) is 35.5 Å². The molecule has 1 amide bonds. The predicted molar refractivity (Wildman–Crippen MR) is 103 cm³/mol. The molecule has 1 aromatic heterocycles. The highest BCUT2D eigenvalue weighted by Crippen LogP contribution is 2.29. The van der Waals surface area contributed by atoms with Gasteiger partial charge in [-0.25, -0.2) is 4.39 Å². The summed E-state index contributed by atoms with van der Waals surface area (Å²) in [5.74, 6) is 0.567. The molecule has 148 valence electrons. The summed E-state index contributed by atoms with van der Waals surface area (Å²) in [6, 6.07) is 5.41. The summed E-state index contributed by atoms with van der Waals surface area (Å²) in [5.41, 5.74) is 6.54. The molecule has 0 spiro atoms. The van der Waals surface area contributed by atoms with E-state index >= 15 is 0 Å². The fourth-order valence-electron chi connectivity index (χ4n) is 3.06. The molecule has 2 aromatic rings. The monoisotopic (exact) mass is 396 g/mol. The summed E-state index contributed by atoms with van der Waals surface area (Å²) < 4.78 is 18.5. The summed E-state index contributed by atoms with van der Waals surface area (Å²) in [4.78, 5) is 18.9. The number of likely N-dealkylation sites (tertiary alicyclic amines) is 1. The van der Waals surface area contributed by atoms with Gasteiger partial charge in [-0.15, -0.1) is 12.4 Å². The van der Waals surface area contributed by atoms with E-state index in [4.69, 9.17) is 10.3 Å². The van der Waals surface area contributed by atoms with Crippen LogP contribution in [0.4, 0.5) is 4.39 Å². The van der Waals surface area contributed by atoms with Crippen molar-refractivity contribution >= 4 is 18.3 Å². The molecule has 2 atom stereocenters. The third-order valence-electron chi connectivity index (χ3n) is 4.83. The average Bonchev–Trinajstić information content (AvgIpc) is 3.10. The topological polar surface area (TPSA) is 85.3 Å². The van der Waals surface area contributed by atoms with Crippen molar-refractivity contribution in [1.82, 2.24) is 15.0 Å².